The van der Waals surface area contributed by atoms with Gasteiger partial charge in [-0.05, 0) is 18.4 Å². The number of para-hydroxylation sites is 1. The smallest absolute Gasteiger partial charge is 0.180 e. The molecule has 0 bridgehead atoms. The van der Waals surface area contributed by atoms with Gasteiger partial charge in [-0.25, -0.2) is 0 Å². The van der Waals surface area contributed by atoms with Gasteiger partial charge in [0.25, 0.3) is 0 Å². The van der Waals surface area contributed by atoms with E-state index in [1.54, 1.807) is 20.4 Å². The van der Waals surface area contributed by atoms with Crippen molar-refractivity contribution in [2.75, 3.05) is 20.5 Å². The lowest BCUT2D eigenvalue weighted by Gasteiger charge is -2.08. The third-order valence-electron chi connectivity index (χ3n) is 2.00. The van der Waals surface area contributed by atoms with Crippen LogP contribution in [-0.4, -0.2) is 31.9 Å². The number of rotatable bonds is 4. The Morgan fingerprint density at radius 2 is 2.12 bits per heavy atom. The predicted molar refractivity (Wildman–Crippen MR) is 72.3 cm³/mol. The standard InChI is InChI=1S/C11H15N3O2S/c1-15-9-6-4-5-8(10(9)16-2)7-13-14-11(12)17-3/h4-7H,1-3H3,(H2,12,14)/b13-7-. The molecule has 0 fully saturated rings. The minimum absolute atomic E-state index is 0.406. The molecule has 0 spiro atoms. The van der Waals surface area contributed by atoms with E-state index in [2.05, 4.69) is 10.2 Å². The number of nitrogens with two attached hydrogens (primary N) is 1. The number of thioether (sulfide) groups is 1. The highest BCUT2D eigenvalue weighted by Gasteiger charge is 2.06. The lowest BCUT2D eigenvalue weighted by atomic mass is 10.2. The highest BCUT2D eigenvalue weighted by molar-refractivity contribution is 8.13. The zero-order valence-corrected chi connectivity index (χ0v) is 10.8. The van der Waals surface area contributed by atoms with Gasteiger partial charge in [0.2, 0.25) is 0 Å². The van der Waals surface area contributed by atoms with Gasteiger partial charge in [-0.3, -0.25) is 0 Å². The van der Waals surface area contributed by atoms with Crippen molar-refractivity contribution in [3.05, 3.63) is 23.8 Å². The zero-order chi connectivity index (χ0) is 12.7. The summed E-state index contributed by atoms with van der Waals surface area (Å²) < 4.78 is 10.4. The van der Waals surface area contributed by atoms with Gasteiger partial charge in [-0.15, -0.1) is 5.10 Å². The average Bonchev–Trinajstić information content (AvgIpc) is 2.37. The van der Waals surface area contributed by atoms with Crippen LogP contribution in [0.2, 0.25) is 0 Å². The SMILES string of the molecule is COc1cccc(/C=N\N=C(/N)SC)c1OC. The van der Waals surface area contributed by atoms with Crippen LogP contribution in [0.15, 0.2) is 28.4 Å². The molecular formula is C11H15N3O2S. The average molecular weight is 253 g/mol. The number of benzene rings is 1. The van der Waals surface area contributed by atoms with E-state index in [4.69, 9.17) is 15.2 Å². The van der Waals surface area contributed by atoms with Crippen LogP contribution in [0, 0.1) is 0 Å². The van der Waals surface area contributed by atoms with Crippen molar-refractivity contribution < 1.29 is 9.47 Å². The zero-order valence-electron chi connectivity index (χ0n) is 10.0. The molecular weight excluding hydrogens is 238 g/mol. The normalized spacial score (nSPS) is 11.8. The van der Waals surface area contributed by atoms with Crippen molar-refractivity contribution in [3.63, 3.8) is 0 Å². The number of methoxy groups -OCH3 is 2. The molecule has 92 valence electrons. The van der Waals surface area contributed by atoms with Crippen molar-refractivity contribution in [2.24, 2.45) is 15.9 Å². The fourth-order valence-corrected chi connectivity index (χ4v) is 1.33. The second-order valence-corrected chi connectivity index (χ2v) is 3.80. The van der Waals surface area contributed by atoms with Gasteiger partial charge in [-0.1, -0.05) is 17.8 Å². The van der Waals surface area contributed by atoms with Gasteiger partial charge in [0, 0.05) is 5.56 Å². The summed E-state index contributed by atoms with van der Waals surface area (Å²) in [4.78, 5) is 0. The number of amidine groups is 1. The van der Waals surface area contributed by atoms with E-state index in [-0.39, 0.29) is 0 Å². The number of hydrogen-bond acceptors (Lipinski definition) is 5. The maximum Gasteiger partial charge on any atom is 0.180 e. The molecule has 0 amide bonds. The maximum atomic E-state index is 5.51. The second-order valence-electron chi connectivity index (χ2n) is 2.97. The van der Waals surface area contributed by atoms with Crippen molar-refractivity contribution in [1.29, 1.82) is 0 Å². The van der Waals surface area contributed by atoms with Gasteiger partial charge in [0.05, 0.1) is 20.4 Å². The minimum atomic E-state index is 0.406. The summed E-state index contributed by atoms with van der Waals surface area (Å²) in [6.07, 6.45) is 3.41. The van der Waals surface area contributed by atoms with Gasteiger partial charge in [0.15, 0.2) is 16.7 Å². The Bertz CT molecular complexity index is 433. The van der Waals surface area contributed by atoms with E-state index >= 15 is 0 Å². The molecule has 17 heavy (non-hydrogen) atoms. The topological polar surface area (TPSA) is 69.2 Å². The monoisotopic (exact) mass is 253 g/mol. The highest BCUT2D eigenvalue weighted by Crippen LogP contribution is 2.29. The Kier molecular flexibility index (Phi) is 5.35. The molecule has 0 saturated carbocycles. The molecule has 0 aliphatic heterocycles. The fraction of sp³-hybridized carbons (Fsp3) is 0.273. The minimum Gasteiger partial charge on any atom is -0.493 e. The van der Waals surface area contributed by atoms with Gasteiger partial charge < -0.3 is 15.2 Å². The van der Waals surface area contributed by atoms with Gasteiger partial charge >= 0.3 is 0 Å². The molecule has 0 aromatic heterocycles. The highest BCUT2D eigenvalue weighted by atomic mass is 32.2. The first-order valence-corrected chi connectivity index (χ1v) is 6.07. The molecule has 0 saturated heterocycles. The molecule has 0 radical (unpaired) electrons. The number of nitrogens with zero attached hydrogens (tertiary/aromatic N) is 2. The van der Waals surface area contributed by atoms with Crippen LogP contribution in [-0.2, 0) is 0 Å². The molecule has 1 aromatic rings. The Morgan fingerprint density at radius 1 is 1.35 bits per heavy atom. The van der Waals surface area contributed by atoms with Crippen LogP contribution in [0.25, 0.3) is 0 Å². The van der Waals surface area contributed by atoms with Crippen molar-refractivity contribution >= 4 is 23.1 Å². The Balaban J connectivity index is 2.98. The van der Waals surface area contributed by atoms with Crippen LogP contribution in [0.4, 0.5) is 0 Å². The van der Waals surface area contributed by atoms with E-state index in [1.807, 2.05) is 24.5 Å². The molecule has 1 aromatic carbocycles. The molecule has 0 unspecified atom stereocenters. The summed E-state index contributed by atoms with van der Waals surface area (Å²) in [5.41, 5.74) is 6.29. The molecule has 5 nitrogen and oxygen atoms in total. The quantitative estimate of drug-likeness (QED) is 0.504. The van der Waals surface area contributed by atoms with E-state index in [0.29, 0.717) is 16.7 Å². The summed E-state index contributed by atoms with van der Waals surface area (Å²) in [5, 5.41) is 8.08. The Hall–Kier alpha value is -1.69. The molecule has 2 N–H and O–H groups in total. The summed E-state index contributed by atoms with van der Waals surface area (Å²) >= 11 is 1.34. The summed E-state index contributed by atoms with van der Waals surface area (Å²) in [5.74, 6) is 1.27. The molecule has 1 rings (SSSR count). The van der Waals surface area contributed by atoms with Gasteiger partial charge in [0.1, 0.15) is 0 Å². The van der Waals surface area contributed by atoms with Crippen LogP contribution < -0.4 is 15.2 Å². The van der Waals surface area contributed by atoms with Crippen LogP contribution in [0.3, 0.4) is 0 Å². The summed E-state index contributed by atoms with van der Waals surface area (Å²) in [7, 11) is 3.16. The van der Waals surface area contributed by atoms with E-state index < -0.39 is 0 Å². The first-order chi connectivity index (χ1) is 8.22. The van der Waals surface area contributed by atoms with Crippen molar-refractivity contribution in [2.45, 2.75) is 0 Å². The van der Waals surface area contributed by atoms with E-state index in [0.717, 1.165) is 5.56 Å². The molecule has 0 aliphatic carbocycles. The number of ether oxygens (including phenoxy) is 2. The second kappa shape index (κ2) is 6.80. The van der Waals surface area contributed by atoms with Crippen LogP contribution >= 0.6 is 11.8 Å². The summed E-state index contributed by atoms with van der Waals surface area (Å²) in [6, 6.07) is 5.52. The van der Waals surface area contributed by atoms with E-state index in [1.165, 1.54) is 11.8 Å². The van der Waals surface area contributed by atoms with Crippen LogP contribution in [0.1, 0.15) is 5.56 Å². The summed E-state index contributed by atoms with van der Waals surface area (Å²) in [6.45, 7) is 0. The van der Waals surface area contributed by atoms with Gasteiger partial charge in [-0.2, -0.15) is 5.10 Å². The van der Waals surface area contributed by atoms with Crippen molar-refractivity contribution in [3.8, 4) is 11.5 Å². The first kappa shape index (κ1) is 13.4. The number of hydrogen-bond donors (Lipinski definition) is 1. The largest absolute Gasteiger partial charge is 0.493 e. The molecule has 6 heteroatoms. The fourth-order valence-electron chi connectivity index (χ4n) is 1.20. The molecule has 0 atom stereocenters. The third-order valence-corrected chi connectivity index (χ3v) is 2.50. The molecule has 0 aliphatic rings. The maximum absolute atomic E-state index is 5.51. The van der Waals surface area contributed by atoms with Crippen molar-refractivity contribution in [1.82, 2.24) is 0 Å². The predicted octanol–water partition coefficient (Wildman–Crippen LogP) is 1.72. The molecule has 0 heterocycles. The Morgan fingerprint density at radius 3 is 2.71 bits per heavy atom. The van der Waals surface area contributed by atoms with Crippen LogP contribution in [0.5, 0.6) is 11.5 Å². The first-order valence-electron chi connectivity index (χ1n) is 4.84. The lowest BCUT2D eigenvalue weighted by Crippen LogP contribution is -2.04. The third kappa shape index (κ3) is 3.67. The Labute approximate surface area is 105 Å². The van der Waals surface area contributed by atoms with E-state index in [9.17, 15) is 0 Å². The lowest BCUT2D eigenvalue weighted by molar-refractivity contribution is 0.354.